The highest BCUT2D eigenvalue weighted by molar-refractivity contribution is 6.06. The third-order valence-electron chi connectivity index (χ3n) is 5.10. The zero-order chi connectivity index (χ0) is 13.2. The molecular weight excluding hydrogens is 246 g/mol. The molecule has 0 aromatic heterocycles. The number of fused-ring (bicyclic) bond motifs is 5. The van der Waals surface area contributed by atoms with Gasteiger partial charge in [-0.3, -0.25) is 14.5 Å². The number of rotatable bonds is 2. The maximum Gasteiger partial charge on any atom is 0.233 e. The first-order chi connectivity index (χ1) is 9.09. The number of hydrogen-bond donors (Lipinski definition) is 1. The van der Waals surface area contributed by atoms with Crippen molar-refractivity contribution < 1.29 is 19.4 Å². The van der Waals surface area contributed by atoms with Crippen LogP contribution in [0.2, 0.25) is 0 Å². The van der Waals surface area contributed by atoms with Gasteiger partial charge in [0.2, 0.25) is 11.8 Å². The molecule has 2 heterocycles. The Bertz CT molecular complexity index is 450. The molecule has 102 valence electrons. The van der Waals surface area contributed by atoms with Crippen LogP contribution in [0.3, 0.4) is 0 Å². The Labute approximate surface area is 111 Å². The summed E-state index contributed by atoms with van der Waals surface area (Å²) in [6, 6.07) is 0. The van der Waals surface area contributed by atoms with E-state index in [0.717, 1.165) is 6.42 Å². The van der Waals surface area contributed by atoms with E-state index in [9.17, 15) is 14.7 Å². The standard InChI is InChI=1S/C14H17NO4/c16-12-10-8-1-2-9(5-8)11(10)13(17)15(12)6-14(18)3-4-19-7-14/h1-2,8-11,18H,3-7H2. The van der Waals surface area contributed by atoms with Gasteiger partial charge in [0.25, 0.3) is 0 Å². The summed E-state index contributed by atoms with van der Waals surface area (Å²) < 4.78 is 5.18. The van der Waals surface area contributed by atoms with Crippen LogP contribution in [-0.4, -0.2) is 47.2 Å². The molecule has 0 radical (unpaired) electrons. The van der Waals surface area contributed by atoms with Crippen molar-refractivity contribution in [3.05, 3.63) is 12.2 Å². The monoisotopic (exact) mass is 263 g/mol. The van der Waals surface area contributed by atoms with Crippen molar-refractivity contribution in [2.45, 2.75) is 18.4 Å². The number of hydrogen-bond acceptors (Lipinski definition) is 4. The van der Waals surface area contributed by atoms with E-state index >= 15 is 0 Å². The Morgan fingerprint density at radius 3 is 2.42 bits per heavy atom. The molecule has 4 aliphatic rings. The van der Waals surface area contributed by atoms with Gasteiger partial charge in [0.1, 0.15) is 5.60 Å². The third-order valence-corrected chi connectivity index (χ3v) is 5.10. The largest absolute Gasteiger partial charge is 0.386 e. The number of ether oxygens (including phenoxy) is 1. The average molecular weight is 263 g/mol. The summed E-state index contributed by atoms with van der Waals surface area (Å²) in [5, 5.41) is 10.3. The van der Waals surface area contributed by atoms with Gasteiger partial charge in [-0.25, -0.2) is 0 Å². The molecule has 1 saturated carbocycles. The predicted octanol–water partition coefficient (Wildman–Crippen LogP) is -0.0551. The normalized spacial score (nSPS) is 47.5. The molecule has 0 spiro atoms. The lowest BCUT2D eigenvalue weighted by atomic mass is 9.85. The van der Waals surface area contributed by atoms with Gasteiger partial charge in [-0.15, -0.1) is 0 Å². The lowest BCUT2D eigenvalue weighted by Crippen LogP contribution is -2.47. The first kappa shape index (κ1) is 11.6. The fourth-order valence-electron chi connectivity index (χ4n) is 4.14. The van der Waals surface area contributed by atoms with Crippen LogP contribution in [0.4, 0.5) is 0 Å². The number of allylic oxidation sites excluding steroid dienone is 2. The lowest BCUT2D eigenvalue weighted by molar-refractivity contribution is -0.144. The number of carbonyl (C=O) groups excluding carboxylic acids is 2. The minimum atomic E-state index is -1.05. The molecular formula is C14H17NO4. The van der Waals surface area contributed by atoms with Crippen molar-refractivity contribution >= 4 is 11.8 Å². The van der Waals surface area contributed by atoms with Crippen LogP contribution in [0.1, 0.15) is 12.8 Å². The van der Waals surface area contributed by atoms with E-state index in [1.54, 1.807) is 0 Å². The molecule has 2 amide bonds. The van der Waals surface area contributed by atoms with Gasteiger partial charge in [0.15, 0.2) is 0 Å². The minimum absolute atomic E-state index is 0.0906. The molecule has 0 aromatic rings. The van der Waals surface area contributed by atoms with E-state index in [4.69, 9.17) is 4.74 Å². The first-order valence-electron chi connectivity index (χ1n) is 6.93. The Hall–Kier alpha value is -1.20. The van der Waals surface area contributed by atoms with Gasteiger partial charge in [0, 0.05) is 13.0 Å². The van der Waals surface area contributed by atoms with Crippen LogP contribution in [0.15, 0.2) is 12.2 Å². The quantitative estimate of drug-likeness (QED) is 0.560. The summed E-state index contributed by atoms with van der Waals surface area (Å²) in [6.07, 6.45) is 5.58. The second-order valence-electron chi connectivity index (χ2n) is 6.29. The molecule has 4 rings (SSSR count). The predicted molar refractivity (Wildman–Crippen MR) is 64.8 cm³/mol. The van der Waals surface area contributed by atoms with Crippen molar-refractivity contribution in [1.82, 2.24) is 4.90 Å². The number of β-amino-alcohol motifs (C(OH)–C–C–N with tert-alkyl or cyclic N) is 1. The molecule has 5 nitrogen and oxygen atoms in total. The van der Waals surface area contributed by atoms with E-state index in [0.29, 0.717) is 13.0 Å². The number of amides is 2. The fourth-order valence-corrected chi connectivity index (χ4v) is 4.14. The number of carbonyl (C=O) groups is 2. The van der Waals surface area contributed by atoms with Crippen molar-refractivity contribution in [2.24, 2.45) is 23.7 Å². The summed E-state index contributed by atoms with van der Waals surface area (Å²) in [5.74, 6) is -0.0713. The van der Waals surface area contributed by atoms with Crippen LogP contribution < -0.4 is 0 Å². The summed E-state index contributed by atoms with van der Waals surface area (Å²) in [6.45, 7) is 0.800. The van der Waals surface area contributed by atoms with Gasteiger partial charge in [-0.1, -0.05) is 12.2 Å². The smallest absolute Gasteiger partial charge is 0.233 e. The van der Waals surface area contributed by atoms with Gasteiger partial charge in [-0.2, -0.15) is 0 Å². The summed E-state index contributed by atoms with van der Waals surface area (Å²) in [5.41, 5.74) is -1.05. The molecule has 2 bridgehead atoms. The van der Waals surface area contributed by atoms with Gasteiger partial charge < -0.3 is 9.84 Å². The summed E-state index contributed by atoms with van der Waals surface area (Å²) in [7, 11) is 0. The molecule has 5 unspecified atom stereocenters. The second kappa shape index (κ2) is 3.67. The van der Waals surface area contributed by atoms with Crippen LogP contribution in [0, 0.1) is 23.7 Å². The summed E-state index contributed by atoms with van der Waals surface area (Å²) >= 11 is 0. The minimum Gasteiger partial charge on any atom is -0.386 e. The molecule has 3 fully saturated rings. The van der Waals surface area contributed by atoms with E-state index < -0.39 is 5.60 Å². The highest BCUT2D eigenvalue weighted by Gasteiger charge is 2.60. The van der Waals surface area contributed by atoms with Crippen molar-refractivity contribution in [2.75, 3.05) is 19.8 Å². The van der Waals surface area contributed by atoms with Crippen molar-refractivity contribution in [3.8, 4) is 0 Å². The SMILES string of the molecule is O=C1C2C3C=CC(C3)C2C(=O)N1CC1(O)CCOC1. The molecule has 2 saturated heterocycles. The lowest BCUT2D eigenvalue weighted by Gasteiger charge is -2.27. The Morgan fingerprint density at radius 2 is 1.89 bits per heavy atom. The molecule has 5 heteroatoms. The number of nitrogens with zero attached hydrogens (tertiary/aromatic N) is 1. The maximum absolute atomic E-state index is 12.4. The summed E-state index contributed by atoms with van der Waals surface area (Å²) in [4.78, 5) is 26.2. The van der Waals surface area contributed by atoms with Crippen LogP contribution >= 0.6 is 0 Å². The zero-order valence-electron chi connectivity index (χ0n) is 10.6. The van der Waals surface area contributed by atoms with Crippen LogP contribution in [0.25, 0.3) is 0 Å². The molecule has 19 heavy (non-hydrogen) atoms. The highest BCUT2D eigenvalue weighted by atomic mass is 16.5. The Balaban J connectivity index is 1.59. The molecule has 2 aliphatic carbocycles. The average Bonchev–Trinajstić information content (AvgIpc) is 3.11. The van der Waals surface area contributed by atoms with Gasteiger partial charge in [0.05, 0.1) is 25.0 Å². The van der Waals surface area contributed by atoms with E-state index in [-0.39, 0.29) is 48.6 Å². The second-order valence-corrected chi connectivity index (χ2v) is 6.29. The first-order valence-corrected chi connectivity index (χ1v) is 6.93. The molecule has 2 aliphatic heterocycles. The number of imide groups is 1. The topological polar surface area (TPSA) is 66.8 Å². The van der Waals surface area contributed by atoms with E-state index in [1.165, 1.54) is 4.90 Å². The molecule has 1 N–H and O–H groups in total. The van der Waals surface area contributed by atoms with E-state index in [2.05, 4.69) is 12.2 Å². The molecule has 5 atom stereocenters. The van der Waals surface area contributed by atoms with Gasteiger partial charge in [-0.05, 0) is 18.3 Å². The number of aliphatic hydroxyl groups is 1. The maximum atomic E-state index is 12.4. The third kappa shape index (κ3) is 1.48. The van der Waals surface area contributed by atoms with Crippen molar-refractivity contribution in [3.63, 3.8) is 0 Å². The number of likely N-dealkylation sites (tertiary alicyclic amines) is 1. The fraction of sp³-hybridized carbons (Fsp3) is 0.714. The van der Waals surface area contributed by atoms with Crippen LogP contribution in [-0.2, 0) is 14.3 Å². The molecule has 0 aromatic carbocycles. The Kier molecular flexibility index (Phi) is 2.24. The van der Waals surface area contributed by atoms with E-state index in [1.807, 2.05) is 0 Å². The Morgan fingerprint density at radius 1 is 1.26 bits per heavy atom. The van der Waals surface area contributed by atoms with Crippen LogP contribution in [0.5, 0.6) is 0 Å². The zero-order valence-corrected chi connectivity index (χ0v) is 10.6. The highest BCUT2D eigenvalue weighted by Crippen LogP contribution is 2.52. The van der Waals surface area contributed by atoms with Crippen molar-refractivity contribution in [1.29, 1.82) is 0 Å². The van der Waals surface area contributed by atoms with Gasteiger partial charge >= 0.3 is 0 Å².